The van der Waals surface area contributed by atoms with Crippen LogP contribution in [0, 0.1) is 29.1 Å². The van der Waals surface area contributed by atoms with Gasteiger partial charge in [0.25, 0.3) is 0 Å². The predicted molar refractivity (Wildman–Crippen MR) is 91.4 cm³/mol. The zero-order chi connectivity index (χ0) is 14.9. The van der Waals surface area contributed by atoms with Crippen LogP contribution >= 0.6 is 0 Å². The highest BCUT2D eigenvalue weighted by molar-refractivity contribution is 5.08. The van der Waals surface area contributed by atoms with Crippen LogP contribution in [0.4, 0.5) is 0 Å². The van der Waals surface area contributed by atoms with Crippen LogP contribution in [0.3, 0.4) is 0 Å². The lowest BCUT2D eigenvalue weighted by Crippen LogP contribution is -2.48. The molecule has 0 aromatic heterocycles. The Kier molecular flexibility index (Phi) is 4.98. The Balaban J connectivity index is 1.85. The van der Waals surface area contributed by atoms with Crippen LogP contribution in [-0.2, 0) is 0 Å². The molecule has 1 unspecified atom stereocenters. The summed E-state index contributed by atoms with van der Waals surface area (Å²) in [5, 5.41) is 3.90. The van der Waals surface area contributed by atoms with Crippen LogP contribution in [0.15, 0.2) is 0 Å². The number of hydrogen-bond acceptors (Lipinski definition) is 1. The second-order valence-corrected chi connectivity index (χ2v) is 8.71. The highest BCUT2D eigenvalue weighted by Crippen LogP contribution is 2.58. The van der Waals surface area contributed by atoms with E-state index in [1.807, 2.05) is 0 Å². The van der Waals surface area contributed by atoms with Gasteiger partial charge in [-0.25, -0.2) is 0 Å². The van der Waals surface area contributed by atoms with Crippen LogP contribution in [0.1, 0.15) is 85.0 Å². The Morgan fingerprint density at radius 1 is 0.857 bits per heavy atom. The Hall–Kier alpha value is -0.0400. The molecule has 0 bridgehead atoms. The van der Waals surface area contributed by atoms with Gasteiger partial charge in [0.2, 0.25) is 0 Å². The maximum atomic E-state index is 3.90. The Morgan fingerprint density at radius 2 is 1.52 bits per heavy atom. The van der Waals surface area contributed by atoms with E-state index in [2.05, 4.69) is 26.1 Å². The summed E-state index contributed by atoms with van der Waals surface area (Å²) in [4.78, 5) is 0. The highest BCUT2D eigenvalue weighted by atomic mass is 15.0. The molecule has 1 heterocycles. The maximum absolute atomic E-state index is 3.90. The third kappa shape index (κ3) is 2.92. The largest absolute Gasteiger partial charge is 0.313 e. The van der Waals surface area contributed by atoms with E-state index in [0.29, 0.717) is 5.41 Å². The SMILES string of the molecule is CC1C[C@@H]2CCCCCCCCC[C@]23CN[C@@H](C)[C@@H]3[C@@H]1C. The van der Waals surface area contributed by atoms with E-state index in [4.69, 9.17) is 0 Å². The second kappa shape index (κ2) is 6.60. The van der Waals surface area contributed by atoms with Gasteiger partial charge in [-0.2, -0.15) is 0 Å². The van der Waals surface area contributed by atoms with Crippen molar-refractivity contribution < 1.29 is 0 Å². The van der Waals surface area contributed by atoms with E-state index in [1.165, 1.54) is 70.8 Å². The molecule has 6 atom stereocenters. The summed E-state index contributed by atoms with van der Waals surface area (Å²) in [6, 6.07) is 0.746. The average Bonchev–Trinajstić information content (AvgIpc) is 2.78. The Bertz CT molecular complexity index is 339. The third-order valence-corrected chi connectivity index (χ3v) is 7.58. The molecule has 0 radical (unpaired) electrons. The van der Waals surface area contributed by atoms with Crippen molar-refractivity contribution in [3.63, 3.8) is 0 Å². The van der Waals surface area contributed by atoms with Crippen molar-refractivity contribution in [3.05, 3.63) is 0 Å². The van der Waals surface area contributed by atoms with Crippen molar-refractivity contribution in [1.82, 2.24) is 5.32 Å². The van der Waals surface area contributed by atoms with Crippen LogP contribution in [0.25, 0.3) is 0 Å². The molecule has 3 rings (SSSR count). The van der Waals surface area contributed by atoms with E-state index >= 15 is 0 Å². The molecule has 3 aliphatic rings. The summed E-state index contributed by atoms with van der Waals surface area (Å²) in [7, 11) is 0. The molecule has 1 N–H and O–H groups in total. The van der Waals surface area contributed by atoms with Crippen LogP contribution < -0.4 is 5.32 Å². The number of hydrogen-bond donors (Lipinski definition) is 1. The summed E-state index contributed by atoms with van der Waals surface area (Å²) in [5.41, 5.74) is 0.648. The lowest BCUT2D eigenvalue weighted by atomic mass is 9.52. The average molecular weight is 292 g/mol. The van der Waals surface area contributed by atoms with Gasteiger partial charge in [0.15, 0.2) is 0 Å². The van der Waals surface area contributed by atoms with Crippen LogP contribution in [0.2, 0.25) is 0 Å². The van der Waals surface area contributed by atoms with Crippen molar-refractivity contribution in [1.29, 1.82) is 0 Å². The van der Waals surface area contributed by atoms with E-state index in [-0.39, 0.29) is 0 Å². The van der Waals surface area contributed by atoms with Crippen molar-refractivity contribution >= 4 is 0 Å². The minimum atomic E-state index is 0.648. The van der Waals surface area contributed by atoms with E-state index in [0.717, 1.165) is 29.7 Å². The van der Waals surface area contributed by atoms with Crippen molar-refractivity contribution in [2.24, 2.45) is 29.1 Å². The summed E-state index contributed by atoms with van der Waals surface area (Å²) in [6.07, 6.45) is 15.0. The van der Waals surface area contributed by atoms with E-state index in [9.17, 15) is 0 Å². The van der Waals surface area contributed by atoms with Gasteiger partial charge in [-0.3, -0.25) is 0 Å². The molecule has 0 aromatic rings. The minimum Gasteiger partial charge on any atom is -0.313 e. The fourth-order valence-electron chi connectivity index (χ4n) is 6.33. The van der Waals surface area contributed by atoms with Gasteiger partial charge in [-0.05, 0) is 55.3 Å². The topological polar surface area (TPSA) is 12.0 Å². The van der Waals surface area contributed by atoms with Gasteiger partial charge in [0.05, 0.1) is 0 Å². The second-order valence-electron chi connectivity index (χ2n) is 8.71. The molecule has 1 nitrogen and oxygen atoms in total. The molecule has 1 aliphatic heterocycles. The van der Waals surface area contributed by atoms with Crippen molar-refractivity contribution in [2.45, 2.75) is 91.0 Å². The fraction of sp³-hybridized carbons (Fsp3) is 1.00. The first-order valence-electron chi connectivity index (χ1n) is 9.88. The molecule has 2 aliphatic carbocycles. The molecule has 3 fully saturated rings. The third-order valence-electron chi connectivity index (χ3n) is 7.58. The number of nitrogens with one attached hydrogen (secondary N) is 1. The normalized spacial score (nSPS) is 49.0. The van der Waals surface area contributed by atoms with Crippen molar-refractivity contribution in [2.75, 3.05) is 6.54 Å². The standard InChI is InChI=1S/C20H37N/c1-15-13-18-11-9-7-5-4-6-8-10-12-20(18)14-21-17(3)19(20)16(15)2/h15-19,21H,4-14H2,1-3H3/t15?,16-,17+,18+,19+,20+/m1/s1. The molecule has 1 spiro atoms. The lowest BCUT2D eigenvalue weighted by molar-refractivity contribution is -0.0270. The van der Waals surface area contributed by atoms with Gasteiger partial charge in [-0.1, -0.05) is 58.8 Å². The number of rotatable bonds is 0. The molecule has 0 aromatic carbocycles. The summed E-state index contributed by atoms with van der Waals surface area (Å²) in [5.74, 6) is 3.79. The van der Waals surface area contributed by atoms with Crippen LogP contribution in [-0.4, -0.2) is 12.6 Å². The summed E-state index contributed by atoms with van der Waals surface area (Å²) < 4.78 is 0. The zero-order valence-corrected chi connectivity index (χ0v) is 14.7. The van der Waals surface area contributed by atoms with Crippen molar-refractivity contribution in [3.8, 4) is 0 Å². The Labute approximate surface area is 132 Å². The molecule has 0 amide bonds. The predicted octanol–water partition coefficient (Wildman–Crippen LogP) is 5.40. The quantitative estimate of drug-likeness (QED) is 0.630. The monoisotopic (exact) mass is 291 g/mol. The van der Waals surface area contributed by atoms with Crippen LogP contribution in [0.5, 0.6) is 0 Å². The molecule has 1 heteroatoms. The molecule has 2 saturated carbocycles. The maximum Gasteiger partial charge on any atom is 0.00757 e. The molecule has 21 heavy (non-hydrogen) atoms. The van der Waals surface area contributed by atoms with Gasteiger partial charge < -0.3 is 5.32 Å². The van der Waals surface area contributed by atoms with Gasteiger partial charge in [0, 0.05) is 12.6 Å². The van der Waals surface area contributed by atoms with E-state index in [1.54, 1.807) is 0 Å². The molecule has 122 valence electrons. The minimum absolute atomic E-state index is 0.648. The smallest absolute Gasteiger partial charge is 0.00757 e. The van der Waals surface area contributed by atoms with Gasteiger partial charge >= 0.3 is 0 Å². The fourth-order valence-corrected chi connectivity index (χ4v) is 6.33. The van der Waals surface area contributed by atoms with E-state index < -0.39 is 0 Å². The molecular formula is C20H37N. The highest BCUT2D eigenvalue weighted by Gasteiger charge is 2.56. The Morgan fingerprint density at radius 3 is 2.29 bits per heavy atom. The first kappa shape index (κ1) is 15.8. The first-order chi connectivity index (χ1) is 10.1. The van der Waals surface area contributed by atoms with Gasteiger partial charge in [-0.15, -0.1) is 0 Å². The van der Waals surface area contributed by atoms with Gasteiger partial charge in [0.1, 0.15) is 0 Å². The summed E-state index contributed by atoms with van der Waals surface area (Å²) >= 11 is 0. The molecular weight excluding hydrogens is 254 g/mol. The summed E-state index contributed by atoms with van der Waals surface area (Å²) in [6.45, 7) is 8.88. The molecule has 1 saturated heterocycles. The zero-order valence-electron chi connectivity index (χ0n) is 14.7. The lowest BCUT2D eigenvalue weighted by Gasteiger charge is -2.52. The first-order valence-corrected chi connectivity index (χ1v) is 9.88.